The molecule has 1 aromatic carbocycles. The Morgan fingerprint density at radius 2 is 1.79 bits per heavy atom. The summed E-state index contributed by atoms with van der Waals surface area (Å²) in [6.45, 7) is 2.89. The topological polar surface area (TPSA) is 130 Å². The predicted molar refractivity (Wildman–Crippen MR) is 149 cm³/mol. The van der Waals surface area contributed by atoms with E-state index in [1.165, 1.54) is 27.1 Å². The number of halogens is 2. The van der Waals surface area contributed by atoms with Crippen LogP contribution in [0.5, 0.6) is 11.5 Å². The summed E-state index contributed by atoms with van der Waals surface area (Å²) in [5.74, 6) is 1.77. The molecule has 5 rings (SSSR count). The molecule has 4 N–H and O–H groups in total. The lowest BCUT2D eigenvalue weighted by atomic mass is 10.1. The molecule has 3 aromatic heterocycles. The highest BCUT2D eigenvalue weighted by Crippen LogP contribution is 2.46. The standard InChI is InChI=1S/C22H22Cl2N6O3.C4H8O/c1-32-16-7-17(33-2)21(24)19(20(16)23)15-5-13-10-26-18(25)6-14(13)22(29-15)27-8-12-9-28-30(11-12)3-4-31;1-2-4-5-3-1/h5-7,9-11,31H,3-4,8H2,1-2H3,(H2,25,26)(H,27,29);1-4H2. The number of aliphatic hydroxyl groups is 1. The summed E-state index contributed by atoms with van der Waals surface area (Å²) in [6.07, 6.45) is 7.80. The summed E-state index contributed by atoms with van der Waals surface area (Å²) in [4.78, 5) is 9.01. The molecule has 0 spiro atoms. The first-order valence-electron chi connectivity index (χ1n) is 12.1. The minimum absolute atomic E-state index is 0.0145. The molecular weight excluding hydrogens is 531 g/mol. The molecule has 0 aliphatic carbocycles. The van der Waals surface area contributed by atoms with Gasteiger partial charge < -0.3 is 30.4 Å². The maximum Gasteiger partial charge on any atom is 0.141 e. The van der Waals surface area contributed by atoms with E-state index in [1.807, 2.05) is 12.3 Å². The Balaban J connectivity index is 0.000000603. The van der Waals surface area contributed by atoms with Crippen molar-refractivity contribution >= 4 is 45.6 Å². The number of benzene rings is 1. The van der Waals surface area contributed by atoms with Crippen LogP contribution in [-0.4, -0.2) is 58.9 Å². The molecule has 0 bridgehead atoms. The first-order valence-corrected chi connectivity index (χ1v) is 12.8. The van der Waals surface area contributed by atoms with Crippen molar-refractivity contribution in [2.24, 2.45) is 0 Å². The molecule has 0 atom stereocenters. The largest absolute Gasteiger partial charge is 0.495 e. The van der Waals surface area contributed by atoms with Crippen LogP contribution in [0.4, 0.5) is 11.6 Å². The Hall–Kier alpha value is -3.31. The first kappa shape index (κ1) is 27.7. The van der Waals surface area contributed by atoms with E-state index in [9.17, 15) is 0 Å². The van der Waals surface area contributed by atoms with E-state index < -0.39 is 0 Å². The summed E-state index contributed by atoms with van der Waals surface area (Å²) in [5.41, 5.74) is 7.84. The van der Waals surface area contributed by atoms with E-state index in [4.69, 9.17) is 53.2 Å². The molecule has 0 unspecified atom stereocenters. The summed E-state index contributed by atoms with van der Waals surface area (Å²) < 4.78 is 17.4. The monoisotopic (exact) mass is 560 g/mol. The molecule has 12 heteroatoms. The van der Waals surface area contributed by atoms with Crippen molar-refractivity contribution in [1.82, 2.24) is 19.7 Å². The number of anilines is 2. The molecule has 202 valence electrons. The van der Waals surface area contributed by atoms with Gasteiger partial charge in [0.15, 0.2) is 0 Å². The van der Waals surface area contributed by atoms with Gasteiger partial charge in [-0.2, -0.15) is 5.10 Å². The average Bonchev–Trinajstić information content (AvgIpc) is 3.64. The lowest BCUT2D eigenvalue weighted by Gasteiger charge is -2.16. The molecular formula is C26H30Cl2N6O4. The normalized spacial score (nSPS) is 12.8. The number of nitrogens with zero attached hydrogens (tertiary/aromatic N) is 4. The predicted octanol–water partition coefficient (Wildman–Crippen LogP) is 4.80. The van der Waals surface area contributed by atoms with Crippen LogP contribution < -0.4 is 20.5 Å². The Morgan fingerprint density at radius 3 is 2.39 bits per heavy atom. The average molecular weight is 561 g/mol. The Labute approximate surface area is 230 Å². The van der Waals surface area contributed by atoms with Crippen LogP contribution in [0.25, 0.3) is 22.0 Å². The van der Waals surface area contributed by atoms with Gasteiger partial charge in [-0.05, 0) is 25.0 Å². The van der Waals surface area contributed by atoms with Gasteiger partial charge in [0.2, 0.25) is 0 Å². The number of fused-ring (bicyclic) bond motifs is 1. The minimum Gasteiger partial charge on any atom is -0.495 e. The van der Waals surface area contributed by atoms with Gasteiger partial charge in [-0.1, -0.05) is 23.2 Å². The van der Waals surface area contributed by atoms with Crippen molar-refractivity contribution in [3.05, 3.63) is 52.4 Å². The quantitative estimate of drug-likeness (QED) is 0.278. The van der Waals surface area contributed by atoms with Crippen molar-refractivity contribution in [2.75, 3.05) is 45.1 Å². The van der Waals surface area contributed by atoms with Gasteiger partial charge in [-0.3, -0.25) is 4.68 Å². The number of ether oxygens (including phenoxy) is 3. The fraction of sp³-hybridized carbons (Fsp3) is 0.346. The molecule has 1 aliphatic heterocycles. The highest BCUT2D eigenvalue weighted by atomic mass is 35.5. The number of hydrogen-bond acceptors (Lipinski definition) is 9. The Kier molecular flexibility index (Phi) is 9.46. The van der Waals surface area contributed by atoms with E-state index in [1.54, 1.807) is 29.2 Å². The van der Waals surface area contributed by atoms with Gasteiger partial charge in [-0.25, -0.2) is 9.97 Å². The third kappa shape index (κ3) is 6.39. The maximum atomic E-state index is 9.10. The lowest BCUT2D eigenvalue weighted by Crippen LogP contribution is -2.04. The number of pyridine rings is 2. The first-order chi connectivity index (χ1) is 18.4. The molecule has 4 heterocycles. The van der Waals surface area contributed by atoms with Crippen LogP contribution in [0.3, 0.4) is 0 Å². The van der Waals surface area contributed by atoms with Crippen LogP contribution in [-0.2, 0) is 17.8 Å². The minimum atomic E-state index is 0.0145. The van der Waals surface area contributed by atoms with Crippen molar-refractivity contribution in [3.8, 4) is 22.8 Å². The van der Waals surface area contributed by atoms with Gasteiger partial charge in [0, 0.05) is 60.1 Å². The number of aromatic nitrogens is 4. The van der Waals surface area contributed by atoms with Gasteiger partial charge in [0.1, 0.15) is 23.1 Å². The number of rotatable bonds is 8. The molecule has 1 fully saturated rings. The summed E-state index contributed by atoms with van der Waals surface area (Å²) in [6, 6.07) is 5.21. The Morgan fingerprint density at radius 1 is 1.08 bits per heavy atom. The van der Waals surface area contributed by atoms with Gasteiger partial charge >= 0.3 is 0 Å². The van der Waals surface area contributed by atoms with Crippen LogP contribution >= 0.6 is 23.2 Å². The maximum absolute atomic E-state index is 9.10. The summed E-state index contributed by atoms with van der Waals surface area (Å²) in [7, 11) is 3.03. The second kappa shape index (κ2) is 13.0. The zero-order valence-corrected chi connectivity index (χ0v) is 22.7. The van der Waals surface area contributed by atoms with E-state index in [-0.39, 0.29) is 6.61 Å². The molecule has 0 radical (unpaired) electrons. The van der Waals surface area contributed by atoms with E-state index in [2.05, 4.69) is 15.4 Å². The van der Waals surface area contributed by atoms with Gasteiger partial charge in [0.05, 0.1) is 49.3 Å². The van der Waals surface area contributed by atoms with Gasteiger partial charge in [0.25, 0.3) is 0 Å². The van der Waals surface area contributed by atoms with Crippen molar-refractivity contribution < 1.29 is 19.3 Å². The molecule has 0 amide bonds. The third-order valence-corrected chi connectivity index (χ3v) is 6.62. The van der Waals surface area contributed by atoms with Crippen LogP contribution in [0.15, 0.2) is 36.8 Å². The summed E-state index contributed by atoms with van der Waals surface area (Å²) >= 11 is 13.2. The molecule has 38 heavy (non-hydrogen) atoms. The third-order valence-electron chi connectivity index (χ3n) is 5.87. The van der Waals surface area contributed by atoms with Crippen molar-refractivity contribution in [1.29, 1.82) is 0 Å². The van der Waals surface area contributed by atoms with Crippen LogP contribution in [0.1, 0.15) is 18.4 Å². The number of nitrogens with one attached hydrogen (secondary N) is 1. The highest BCUT2D eigenvalue weighted by molar-refractivity contribution is 6.41. The number of aliphatic hydroxyl groups excluding tert-OH is 1. The molecule has 1 saturated heterocycles. The fourth-order valence-electron chi connectivity index (χ4n) is 3.95. The summed E-state index contributed by atoms with van der Waals surface area (Å²) in [5, 5.41) is 18.9. The van der Waals surface area contributed by atoms with Crippen LogP contribution in [0, 0.1) is 0 Å². The SMILES string of the molecule is C1CCOC1.COc1cc(OC)c(Cl)c(-c2cc3cnc(N)cc3c(NCc3cnn(CCO)c3)n2)c1Cl. The van der Waals surface area contributed by atoms with E-state index in [0.29, 0.717) is 57.5 Å². The number of nitrogen functional groups attached to an aromatic ring is 1. The van der Waals surface area contributed by atoms with E-state index in [0.717, 1.165) is 29.5 Å². The number of hydrogen-bond donors (Lipinski definition) is 3. The second-order valence-corrected chi connectivity index (χ2v) is 9.23. The fourth-order valence-corrected chi connectivity index (χ4v) is 4.65. The molecule has 1 aliphatic rings. The second-order valence-electron chi connectivity index (χ2n) is 8.48. The zero-order chi connectivity index (χ0) is 27.1. The van der Waals surface area contributed by atoms with Crippen LogP contribution in [0.2, 0.25) is 10.0 Å². The van der Waals surface area contributed by atoms with E-state index >= 15 is 0 Å². The smallest absolute Gasteiger partial charge is 0.141 e. The number of nitrogens with two attached hydrogens (primary N) is 1. The Bertz CT molecular complexity index is 1360. The lowest BCUT2D eigenvalue weighted by molar-refractivity contribution is 0.198. The highest BCUT2D eigenvalue weighted by Gasteiger charge is 2.21. The molecule has 0 saturated carbocycles. The van der Waals surface area contributed by atoms with Crippen molar-refractivity contribution in [2.45, 2.75) is 25.9 Å². The number of methoxy groups -OCH3 is 2. The molecule has 10 nitrogen and oxygen atoms in total. The molecule has 4 aromatic rings. The zero-order valence-electron chi connectivity index (χ0n) is 21.2. The van der Waals surface area contributed by atoms with Gasteiger partial charge in [-0.15, -0.1) is 0 Å². The van der Waals surface area contributed by atoms with Crippen molar-refractivity contribution in [3.63, 3.8) is 0 Å².